The van der Waals surface area contributed by atoms with E-state index in [1.165, 1.54) is 0 Å². The van der Waals surface area contributed by atoms with Gasteiger partial charge in [0.15, 0.2) is 0 Å². The predicted octanol–water partition coefficient (Wildman–Crippen LogP) is 2.99. The molecule has 0 aliphatic heterocycles. The van der Waals surface area contributed by atoms with Crippen molar-refractivity contribution < 1.29 is 0 Å². The monoisotopic (exact) mass is 213 g/mol. The third kappa shape index (κ3) is 2.25. The number of halogens is 1. The molecule has 70 valence electrons. The molecule has 0 saturated heterocycles. The number of terminal acetylenes is 1. The van der Waals surface area contributed by atoms with Gasteiger partial charge in [0.05, 0.1) is 9.90 Å². The van der Waals surface area contributed by atoms with Gasteiger partial charge in [-0.05, 0) is 24.4 Å². The molecule has 1 unspecified atom stereocenters. The first-order valence-corrected chi connectivity index (χ1v) is 5.39. The van der Waals surface area contributed by atoms with Crippen LogP contribution >= 0.6 is 22.9 Å². The Morgan fingerprint density at radius 1 is 1.77 bits per heavy atom. The third-order valence-electron chi connectivity index (χ3n) is 1.76. The van der Waals surface area contributed by atoms with Crippen LogP contribution in [0.4, 0.5) is 0 Å². The molecular formula is C10H12ClNS. The minimum atomic E-state index is -0.0452. The molecule has 1 nitrogen and oxygen atoms in total. The standard InChI is InChI=1S/C10H12ClNS/c1-4-8(12-5-2)10-9(11)7(3)6-13-10/h1,6,8,12H,5H2,2-3H3. The van der Waals surface area contributed by atoms with Crippen molar-refractivity contribution in [2.75, 3.05) is 6.54 Å². The number of nitrogens with one attached hydrogen (secondary N) is 1. The Hall–Kier alpha value is -0.490. The molecule has 1 atom stereocenters. The number of hydrogen-bond donors (Lipinski definition) is 1. The molecule has 1 N–H and O–H groups in total. The Labute approximate surface area is 88.1 Å². The Morgan fingerprint density at radius 3 is 2.85 bits per heavy atom. The van der Waals surface area contributed by atoms with Gasteiger partial charge < -0.3 is 0 Å². The summed E-state index contributed by atoms with van der Waals surface area (Å²) in [5.74, 6) is 2.69. The lowest BCUT2D eigenvalue weighted by atomic mass is 10.2. The van der Waals surface area contributed by atoms with Gasteiger partial charge in [0.25, 0.3) is 0 Å². The first kappa shape index (κ1) is 10.6. The van der Waals surface area contributed by atoms with Crippen LogP contribution in [-0.4, -0.2) is 6.54 Å². The second kappa shape index (κ2) is 4.66. The first-order chi connectivity index (χ1) is 6.20. The van der Waals surface area contributed by atoms with Crippen molar-refractivity contribution in [2.45, 2.75) is 19.9 Å². The molecule has 0 fully saturated rings. The molecule has 0 aliphatic rings. The van der Waals surface area contributed by atoms with Crippen LogP contribution < -0.4 is 5.32 Å². The molecule has 13 heavy (non-hydrogen) atoms. The van der Waals surface area contributed by atoms with Crippen LogP contribution in [0.15, 0.2) is 5.38 Å². The lowest BCUT2D eigenvalue weighted by molar-refractivity contribution is 0.674. The maximum Gasteiger partial charge on any atom is 0.105 e. The molecule has 0 aliphatic carbocycles. The lowest BCUT2D eigenvalue weighted by Gasteiger charge is -2.09. The van der Waals surface area contributed by atoms with Gasteiger partial charge in [-0.25, -0.2) is 0 Å². The van der Waals surface area contributed by atoms with E-state index in [1.807, 2.05) is 19.2 Å². The van der Waals surface area contributed by atoms with Gasteiger partial charge in [-0.2, -0.15) is 0 Å². The maximum atomic E-state index is 6.09. The van der Waals surface area contributed by atoms with Crippen molar-refractivity contribution >= 4 is 22.9 Å². The summed E-state index contributed by atoms with van der Waals surface area (Å²) in [6, 6.07) is -0.0452. The van der Waals surface area contributed by atoms with Crippen molar-refractivity contribution in [3.8, 4) is 12.3 Å². The molecule has 0 aromatic carbocycles. The largest absolute Gasteiger partial charge is 0.300 e. The van der Waals surface area contributed by atoms with E-state index < -0.39 is 0 Å². The van der Waals surface area contributed by atoms with Gasteiger partial charge >= 0.3 is 0 Å². The number of rotatable bonds is 3. The van der Waals surface area contributed by atoms with Gasteiger partial charge in [-0.3, -0.25) is 5.32 Å². The maximum absolute atomic E-state index is 6.09. The third-order valence-corrected chi connectivity index (χ3v) is 3.54. The molecule has 3 heteroatoms. The smallest absolute Gasteiger partial charge is 0.105 e. The second-order valence-corrected chi connectivity index (χ2v) is 4.04. The summed E-state index contributed by atoms with van der Waals surface area (Å²) in [5, 5.41) is 6.02. The SMILES string of the molecule is C#CC(NCC)c1scc(C)c1Cl. The summed E-state index contributed by atoms with van der Waals surface area (Å²) >= 11 is 7.70. The van der Waals surface area contributed by atoms with Crippen LogP contribution in [0.5, 0.6) is 0 Å². The quantitative estimate of drug-likeness (QED) is 0.762. The van der Waals surface area contributed by atoms with E-state index in [1.54, 1.807) is 11.3 Å². The highest BCUT2D eigenvalue weighted by molar-refractivity contribution is 7.10. The molecule has 1 aromatic rings. The molecule has 0 spiro atoms. The first-order valence-electron chi connectivity index (χ1n) is 4.13. The highest BCUT2D eigenvalue weighted by atomic mass is 35.5. The van der Waals surface area contributed by atoms with Crippen molar-refractivity contribution in [2.24, 2.45) is 0 Å². The van der Waals surface area contributed by atoms with E-state index in [4.69, 9.17) is 18.0 Å². The zero-order valence-corrected chi connectivity index (χ0v) is 9.30. The van der Waals surface area contributed by atoms with Crippen LogP contribution in [0.3, 0.4) is 0 Å². The van der Waals surface area contributed by atoms with Crippen molar-refractivity contribution in [1.82, 2.24) is 5.32 Å². The minimum absolute atomic E-state index is 0.0452. The van der Waals surface area contributed by atoms with E-state index in [0.717, 1.165) is 22.0 Å². The van der Waals surface area contributed by atoms with Crippen LogP contribution in [0.1, 0.15) is 23.4 Å². The molecule has 1 rings (SSSR count). The number of aryl methyl sites for hydroxylation is 1. The fraction of sp³-hybridized carbons (Fsp3) is 0.400. The Bertz CT molecular complexity index is 324. The summed E-state index contributed by atoms with van der Waals surface area (Å²) in [6.45, 7) is 4.86. The fourth-order valence-corrected chi connectivity index (χ4v) is 2.41. The van der Waals surface area contributed by atoms with Gasteiger partial charge in [0, 0.05) is 0 Å². The fourth-order valence-electron chi connectivity index (χ4n) is 1.08. The summed E-state index contributed by atoms with van der Waals surface area (Å²) in [5.41, 5.74) is 1.10. The highest BCUT2D eigenvalue weighted by Crippen LogP contribution is 2.31. The van der Waals surface area contributed by atoms with Gasteiger partial charge in [0.2, 0.25) is 0 Å². The lowest BCUT2D eigenvalue weighted by Crippen LogP contribution is -2.18. The van der Waals surface area contributed by atoms with Gasteiger partial charge in [0.1, 0.15) is 6.04 Å². The zero-order valence-electron chi connectivity index (χ0n) is 7.73. The van der Waals surface area contributed by atoms with Crippen molar-refractivity contribution in [3.63, 3.8) is 0 Å². The Morgan fingerprint density at radius 2 is 2.46 bits per heavy atom. The van der Waals surface area contributed by atoms with E-state index in [2.05, 4.69) is 11.2 Å². The van der Waals surface area contributed by atoms with Gasteiger partial charge in [-0.15, -0.1) is 17.8 Å². The van der Waals surface area contributed by atoms with Crippen molar-refractivity contribution in [3.05, 3.63) is 20.8 Å². The molecule has 0 amide bonds. The van der Waals surface area contributed by atoms with Crippen molar-refractivity contribution in [1.29, 1.82) is 0 Å². The predicted molar refractivity (Wildman–Crippen MR) is 59.3 cm³/mol. The van der Waals surface area contributed by atoms with E-state index in [9.17, 15) is 0 Å². The number of thiophene rings is 1. The number of hydrogen-bond acceptors (Lipinski definition) is 2. The molecular weight excluding hydrogens is 202 g/mol. The van der Waals surface area contributed by atoms with E-state index in [0.29, 0.717) is 0 Å². The molecule has 0 saturated carbocycles. The topological polar surface area (TPSA) is 12.0 Å². The average Bonchev–Trinajstić information content (AvgIpc) is 2.45. The molecule has 1 heterocycles. The van der Waals surface area contributed by atoms with Crippen LogP contribution in [0, 0.1) is 19.3 Å². The summed E-state index contributed by atoms with van der Waals surface area (Å²) in [4.78, 5) is 1.04. The van der Waals surface area contributed by atoms with Gasteiger partial charge in [-0.1, -0.05) is 24.4 Å². The van der Waals surface area contributed by atoms with E-state index >= 15 is 0 Å². The Balaban J connectivity index is 2.93. The summed E-state index contributed by atoms with van der Waals surface area (Å²) in [6.07, 6.45) is 5.40. The summed E-state index contributed by atoms with van der Waals surface area (Å²) in [7, 11) is 0. The second-order valence-electron chi connectivity index (χ2n) is 2.75. The normalized spacial score (nSPS) is 12.5. The Kier molecular flexibility index (Phi) is 3.80. The van der Waals surface area contributed by atoms with E-state index in [-0.39, 0.29) is 6.04 Å². The zero-order chi connectivity index (χ0) is 9.84. The van der Waals surface area contributed by atoms with Crippen LogP contribution in [-0.2, 0) is 0 Å². The molecule has 1 aromatic heterocycles. The average molecular weight is 214 g/mol. The van der Waals surface area contributed by atoms with Crippen LogP contribution in [0.25, 0.3) is 0 Å². The van der Waals surface area contributed by atoms with Crippen LogP contribution in [0.2, 0.25) is 5.02 Å². The molecule has 0 radical (unpaired) electrons. The minimum Gasteiger partial charge on any atom is -0.300 e. The highest BCUT2D eigenvalue weighted by Gasteiger charge is 2.14. The summed E-state index contributed by atoms with van der Waals surface area (Å²) < 4.78 is 0. The molecule has 0 bridgehead atoms.